The summed E-state index contributed by atoms with van der Waals surface area (Å²) in [5.74, 6) is 0.877. The number of carbonyl (C=O) groups excluding carboxylic acids is 1. The normalized spacial score (nSPS) is 10.6. The highest BCUT2D eigenvalue weighted by molar-refractivity contribution is 9.11. The lowest BCUT2D eigenvalue weighted by Gasteiger charge is -2.14. The quantitative estimate of drug-likeness (QED) is 0.401. The molecule has 0 aliphatic carbocycles. The Bertz CT molecular complexity index is 941. The van der Waals surface area contributed by atoms with Gasteiger partial charge >= 0.3 is 0 Å². The summed E-state index contributed by atoms with van der Waals surface area (Å²) in [5, 5.41) is 12.0. The molecule has 0 atom stereocenters. The van der Waals surface area contributed by atoms with Crippen LogP contribution >= 0.6 is 27.3 Å². The maximum Gasteiger partial charge on any atom is 0.274 e. The van der Waals surface area contributed by atoms with Gasteiger partial charge in [0.05, 0.1) is 8.66 Å². The van der Waals surface area contributed by atoms with Crippen LogP contribution in [0, 0.1) is 6.92 Å². The first kappa shape index (κ1) is 18.5. The Morgan fingerprint density at radius 3 is 2.50 bits per heavy atom. The average Bonchev–Trinajstić information content (AvgIpc) is 3.08. The van der Waals surface area contributed by atoms with Gasteiger partial charge in [0.2, 0.25) is 0 Å². The summed E-state index contributed by atoms with van der Waals surface area (Å²) in [7, 11) is 0. The van der Waals surface area contributed by atoms with Crippen molar-refractivity contribution in [1.82, 2.24) is 15.4 Å². The third-order valence-electron chi connectivity index (χ3n) is 3.87. The highest BCUT2D eigenvalue weighted by atomic mass is 79.9. The highest BCUT2D eigenvalue weighted by Gasteiger charge is 2.13. The summed E-state index contributed by atoms with van der Waals surface area (Å²) >= 11 is 5.05. The van der Waals surface area contributed by atoms with Crippen LogP contribution in [-0.4, -0.2) is 21.1 Å². The number of anilines is 2. The molecule has 0 saturated carbocycles. The number of thiophene rings is 1. The van der Waals surface area contributed by atoms with Crippen molar-refractivity contribution in [3.05, 3.63) is 57.0 Å². The predicted molar refractivity (Wildman–Crippen MR) is 106 cm³/mol. The van der Waals surface area contributed by atoms with E-state index >= 15 is 0 Å². The van der Waals surface area contributed by atoms with E-state index in [-0.39, 0.29) is 0 Å². The van der Waals surface area contributed by atoms with Crippen molar-refractivity contribution in [2.75, 3.05) is 5.32 Å². The zero-order valence-corrected chi connectivity index (χ0v) is 16.6. The molecule has 0 aliphatic heterocycles. The third kappa shape index (κ3) is 3.92. The fraction of sp³-hybridized carbons (Fsp3) is 0.167. The summed E-state index contributed by atoms with van der Waals surface area (Å²) in [6.07, 6.45) is 0.799. The monoisotopic (exact) mass is 432 g/mol. The Hall–Kier alpha value is -2.29. The average molecular weight is 433 g/mol. The third-order valence-corrected chi connectivity index (χ3v) is 5.49. The smallest absolute Gasteiger partial charge is 0.274 e. The maximum atomic E-state index is 11.4. The fourth-order valence-electron chi connectivity index (χ4n) is 2.57. The minimum atomic E-state index is -0.547. The van der Waals surface area contributed by atoms with E-state index in [1.807, 2.05) is 19.1 Å². The van der Waals surface area contributed by atoms with Crippen LogP contribution in [0.4, 0.5) is 11.5 Å². The van der Waals surface area contributed by atoms with Crippen molar-refractivity contribution in [2.45, 2.75) is 20.3 Å². The van der Waals surface area contributed by atoms with Crippen LogP contribution in [0.1, 0.15) is 28.5 Å². The molecule has 0 aliphatic rings. The molecule has 1 amide bonds. The number of halogens is 1. The van der Waals surface area contributed by atoms with E-state index in [9.17, 15) is 4.79 Å². The first-order chi connectivity index (χ1) is 12.5. The van der Waals surface area contributed by atoms with Crippen molar-refractivity contribution in [3.8, 4) is 10.7 Å². The zero-order chi connectivity index (χ0) is 18.7. The lowest BCUT2D eigenvalue weighted by atomic mass is 10.1. The van der Waals surface area contributed by atoms with Gasteiger partial charge in [0.25, 0.3) is 5.91 Å². The summed E-state index contributed by atoms with van der Waals surface area (Å²) in [6.45, 7) is 4.04. The molecule has 2 heterocycles. The SMILES string of the molecule is CCc1c(C)nc(-c2ccc(Br)s2)nc1Nc1ccc(C(=O)NO)cc1. The van der Waals surface area contributed by atoms with Crippen molar-refractivity contribution < 1.29 is 10.0 Å². The molecule has 8 heteroatoms. The van der Waals surface area contributed by atoms with Crippen molar-refractivity contribution in [2.24, 2.45) is 0 Å². The molecule has 3 rings (SSSR count). The number of hydrogen-bond donors (Lipinski definition) is 3. The van der Waals surface area contributed by atoms with Gasteiger partial charge in [-0.05, 0) is 65.7 Å². The first-order valence-corrected chi connectivity index (χ1v) is 9.57. The highest BCUT2D eigenvalue weighted by Crippen LogP contribution is 2.31. The molecule has 0 radical (unpaired) electrons. The second-order valence-electron chi connectivity index (χ2n) is 5.56. The molecular formula is C18H17BrN4O2S. The number of hydroxylamine groups is 1. The summed E-state index contributed by atoms with van der Waals surface area (Å²) < 4.78 is 1.03. The second-order valence-corrected chi connectivity index (χ2v) is 8.02. The number of aryl methyl sites for hydroxylation is 1. The molecule has 6 nitrogen and oxygen atoms in total. The van der Waals surface area contributed by atoms with Gasteiger partial charge in [-0.3, -0.25) is 10.0 Å². The topological polar surface area (TPSA) is 87.1 Å². The first-order valence-electron chi connectivity index (χ1n) is 7.96. The molecule has 0 bridgehead atoms. The van der Waals surface area contributed by atoms with Crippen molar-refractivity contribution in [1.29, 1.82) is 0 Å². The van der Waals surface area contributed by atoms with Gasteiger partial charge < -0.3 is 5.32 Å². The number of aromatic nitrogens is 2. The number of benzene rings is 1. The predicted octanol–water partition coefficient (Wildman–Crippen LogP) is 4.70. The second kappa shape index (κ2) is 7.94. The van der Waals surface area contributed by atoms with Crippen molar-refractivity contribution >= 4 is 44.7 Å². The molecule has 3 N–H and O–H groups in total. The molecule has 0 saturated heterocycles. The molecule has 3 aromatic rings. The Morgan fingerprint density at radius 1 is 1.19 bits per heavy atom. The molecule has 134 valence electrons. The van der Waals surface area contributed by atoms with Crippen molar-refractivity contribution in [3.63, 3.8) is 0 Å². The minimum Gasteiger partial charge on any atom is -0.340 e. The molecule has 0 fully saturated rings. The summed E-state index contributed by atoms with van der Waals surface area (Å²) in [5.41, 5.74) is 4.76. The Kier molecular flexibility index (Phi) is 5.65. The van der Waals surface area contributed by atoms with Gasteiger partial charge in [-0.15, -0.1) is 11.3 Å². The number of rotatable bonds is 5. The van der Waals surface area contributed by atoms with E-state index in [2.05, 4.69) is 33.2 Å². The van der Waals surface area contributed by atoms with Crippen LogP contribution in [-0.2, 0) is 6.42 Å². The van der Waals surface area contributed by atoms with Gasteiger partial charge in [0, 0.05) is 22.5 Å². The Morgan fingerprint density at radius 2 is 1.92 bits per heavy atom. The zero-order valence-electron chi connectivity index (χ0n) is 14.2. The van der Waals surface area contributed by atoms with Crippen LogP contribution in [0.25, 0.3) is 10.7 Å². The number of nitrogens with one attached hydrogen (secondary N) is 2. The van der Waals surface area contributed by atoms with Crippen LogP contribution < -0.4 is 10.8 Å². The van der Waals surface area contributed by atoms with Crippen LogP contribution in [0.2, 0.25) is 0 Å². The van der Waals surface area contributed by atoms with Gasteiger partial charge in [-0.25, -0.2) is 15.4 Å². The number of nitrogens with zero attached hydrogens (tertiary/aromatic N) is 2. The standard InChI is InChI=1S/C18H17BrN4O2S/c1-3-13-10(2)20-17(14-8-9-15(19)26-14)22-16(13)21-12-6-4-11(5-7-12)18(24)23-25/h4-9,25H,3H2,1-2H3,(H,23,24)(H,20,21,22). The Balaban J connectivity index is 1.95. The van der Waals surface area contributed by atoms with E-state index < -0.39 is 5.91 Å². The van der Waals surface area contributed by atoms with E-state index in [0.29, 0.717) is 11.4 Å². The number of carbonyl (C=O) groups is 1. The van der Waals surface area contributed by atoms with E-state index in [4.69, 9.17) is 10.2 Å². The van der Waals surface area contributed by atoms with Crippen LogP contribution in [0.15, 0.2) is 40.2 Å². The Labute approximate surface area is 163 Å². The lowest BCUT2D eigenvalue weighted by molar-refractivity contribution is 0.0706. The molecule has 0 spiro atoms. The number of amides is 1. The van der Waals surface area contributed by atoms with Gasteiger partial charge in [-0.1, -0.05) is 6.92 Å². The van der Waals surface area contributed by atoms with Gasteiger partial charge in [0.1, 0.15) is 5.82 Å². The number of hydrogen-bond acceptors (Lipinski definition) is 6. The van der Waals surface area contributed by atoms with E-state index in [1.165, 1.54) is 0 Å². The fourth-order valence-corrected chi connectivity index (χ4v) is 3.89. The molecule has 26 heavy (non-hydrogen) atoms. The molecule has 0 unspecified atom stereocenters. The van der Waals surface area contributed by atoms with Gasteiger partial charge in [0.15, 0.2) is 5.82 Å². The largest absolute Gasteiger partial charge is 0.340 e. The van der Waals surface area contributed by atoms with Crippen LogP contribution in [0.3, 0.4) is 0 Å². The minimum absolute atomic E-state index is 0.372. The molecule has 2 aromatic heterocycles. The molecular weight excluding hydrogens is 416 g/mol. The lowest BCUT2D eigenvalue weighted by Crippen LogP contribution is -2.18. The van der Waals surface area contributed by atoms with E-state index in [1.54, 1.807) is 41.1 Å². The van der Waals surface area contributed by atoms with E-state index in [0.717, 1.165) is 37.8 Å². The summed E-state index contributed by atoms with van der Waals surface area (Å²) in [4.78, 5) is 21.8. The van der Waals surface area contributed by atoms with Crippen LogP contribution in [0.5, 0.6) is 0 Å². The molecule has 1 aromatic carbocycles. The van der Waals surface area contributed by atoms with Gasteiger partial charge in [-0.2, -0.15) is 0 Å². The summed E-state index contributed by atoms with van der Waals surface area (Å²) in [6, 6.07) is 10.8. The maximum absolute atomic E-state index is 11.4.